The van der Waals surface area contributed by atoms with Crippen LogP contribution in [0, 0.1) is 39.9 Å². The highest BCUT2D eigenvalue weighted by Gasteiger charge is 2.78. The number of nitriles is 2. The van der Waals surface area contributed by atoms with Crippen molar-refractivity contribution in [3.63, 3.8) is 0 Å². The summed E-state index contributed by atoms with van der Waals surface area (Å²) in [5, 5.41) is 28.0. The van der Waals surface area contributed by atoms with Gasteiger partial charge >= 0.3 is 0 Å². The van der Waals surface area contributed by atoms with Crippen molar-refractivity contribution in [2.24, 2.45) is 22.4 Å². The number of hydrogen-bond donors (Lipinski definition) is 0. The van der Waals surface area contributed by atoms with Gasteiger partial charge in [0.25, 0.3) is 5.54 Å². The Morgan fingerprint density at radius 1 is 0.938 bits per heavy atom. The van der Waals surface area contributed by atoms with Gasteiger partial charge in [0.15, 0.2) is 0 Å². The van der Waals surface area contributed by atoms with Crippen LogP contribution < -0.4 is 0 Å². The number of benzene rings is 2. The second kappa shape index (κ2) is 6.47. The van der Waals surface area contributed by atoms with Crippen LogP contribution in [0.3, 0.4) is 0 Å². The van der Waals surface area contributed by atoms with Crippen molar-refractivity contribution in [2.45, 2.75) is 31.8 Å². The highest BCUT2D eigenvalue weighted by molar-refractivity contribution is 6.05. The molecule has 1 saturated carbocycles. The molecule has 160 valence electrons. The van der Waals surface area contributed by atoms with Crippen LogP contribution in [0.2, 0.25) is 0 Å². The lowest BCUT2D eigenvalue weighted by Crippen LogP contribution is -2.55. The molecule has 0 radical (unpaired) electrons. The van der Waals surface area contributed by atoms with Crippen LogP contribution in [0.25, 0.3) is 0 Å². The number of fused-ring (bicyclic) bond motifs is 3. The number of nitrogens with zero attached hydrogens (tertiary/aromatic N) is 5. The van der Waals surface area contributed by atoms with Gasteiger partial charge in [-0.2, -0.15) is 15.6 Å². The summed E-state index contributed by atoms with van der Waals surface area (Å²) >= 11 is 0. The molecule has 5 nitrogen and oxygen atoms in total. The van der Waals surface area contributed by atoms with Gasteiger partial charge in [-0.3, -0.25) is 0 Å². The van der Waals surface area contributed by atoms with Crippen molar-refractivity contribution < 1.29 is 0 Å². The maximum absolute atomic E-state index is 10.5. The zero-order valence-electron chi connectivity index (χ0n) is 19.2. The molecular formula is C27H27N5. The van der Waals surface area contributed by atoms with Crippen molar-refractivity contribution in [3.05, 3.63) is 83.1 Å². The van der Waals surface area contributed by atoms with E-state index >= 15 is 0 Å². The predicted molar refractivity (Wildman–Crippen MR) is 124 cm³/mol. The van der Waals surface area contributed by atoms with E-state index in [1.54, 1.807) is 0 Å². The maximum atomic E-state index is 10.5. The van der Waals surface area contributed by atoms with E-state index < -0.39 is 11.1 Å². The average molecular weight is 422 g/mol. The van der Waals surface area contributed by atoms with E-state index in [2.05, 4.69) is 57.2 Å². The normalized spacial score (nSPS) is 28.7. The molecule has 0 unspecified atom stereocenters. The van der Waals surface area contributed by atoms with Gasteiger partial charge in [-0.1, -0.05) is 74.5 Å². The van der Waals surface area contributed by atoms with Gasteiger partial charge in [0.1, 0.15) is 17.7 Å². The third-order valence-electron chi connectivity index (χ3n) is 7.76. The van der Waals surface area contributed by atoms with Crippen LogP contribution in [0.15, 0.2) is 77.0 Å². The van der Waals surface area contributed by atoms with E-state index in [1.807, 2.05) is 60.4 Å². The molecule has 2 aliphatic heterocycles. The van der Waals surface area contributed by atoms with Crippen LogP contribution in [0.4, 0.5) is 0 Å². The third kappa shape index (κ3) is 2.19. The van der Waals surface area contributed by atoms with Crippen molar-refractivity contribution in [2.75, 3.05) is 14.1 Å². The second-order valence-electron chi connectivity index (χ2n) is 9.87. The van der Waals surface area contributed by atoms with Gasteiger partial charge in [-0.05, 0) is 29.0 Å². The molecule has 3 atom stereocenters. The van der Waals surface area contributed by atoms with Gasteiger partial charge < -0.3 is 4.90 Å². The Bertz CT molecular complexity index is 1210. The molecule has 1 fully saturated rings. The molecule has 32 heavy (non-hydrogen) atoms. The molecule has 0 aromatic heterocycles. The molecule has 2 heterocycles. The first-order valence-corrected chi connectivity index (χ1v) is 11.0. The van der Waals surface area contributed by atoms with Crippen molar-refractivity contribution in [1.82, 2.24) is 9.91 Å². The molecule has 0 saturated heterocycles. The molecule has 0 N–H and O–H groups in total. The summed E-state index contributed by atoms with van der Waals surface area (Å²) in [7, 11) is 3.83. The van der Waals surface area contributed by atoms with Crippen LogP contribution in [-0.2, 0) is 5.54 Å². The Morgan fingerprint density at radius 2 is 1.50 bits per heavy atom. The fourth-order valence-electron chi connectivity index (χ4n) is 6.53. The zero-order chi connectivity index (χ0) is 22.9. The fraction of sp³-hybridized carbons (Fsp3) is 0.370. The molecular weight excluding hydrogens is 394 g/mol. The number of hydrogen-bond acceptors (Lipinski definition) is 5. The fourth-order valence-corrected chi connectivity index (χ4v) is 6.53. The summed E-state index contributed by atoms with van der Waals surface area (Å²) in [5.74, 6) is 0.413. The van der Waals surface area contributed by atoms with Crippen LogP contribution >= 0.6 is 0 Å². The Labute approximate surface area is 189 Å². The number of rotatable bonds is 3. The van der Waals surface area contributed by atoms with Crippen molar-refractivity contribution in [3.8, 4) is 12.1 Å². The number of hydrazone groups is 1. The highest BCUT2D eigenvalue weighted by Crippen LogP contribution is 2.74. The molecule has 2 aromatic rings. The third-order valence-corrected chi connectivity index (χ3v) is 7.76. The summed E-state index contributed by atoms with van der Waals surface area (Å²) in [4.78, 5) is 1.92. The summed E-state index contributed by atoms with van der Waals surface area (Å²) in [6.45, 7) is 6.66. The molecule has 0 bridgehead atoms. The molecule has 1 aliphatic carbocycles. The van der Waals surface area contributed by atoms with E-state index in [4.69, 9.17) is 5.10 Å². The van der Waals surface area contributed by atoms with E-state index in [1.165, 1.54) is 0 Å². The maximum Gasteiger partial charge on any atom is 0.270 e. The van der Waals surface area contributed by atoms with Gasteiger partial charge in [-0.15, -0.1) is 0 Å². The second-order valence-corrected chi connectivity index (χ2v) is 9.87. The Morgan fingerprint density at radius 3 is 2.03 bits per heavy atom. The lowest BCUT2D eigenvalue weighted by atomic mass is 9.76. The Balaban J connectivity index is 1.90. The zero-order valence-corrected chi connectivity index (χ0v) is 19.2. The van der Waals surface area contributed by atoms with E-state index in [0.29, 0.717) is 0 Å². The number of likely N-dealkylation sites (N-methyl/N-ethyl adjacent to an activating group) is 1. The average Bonchev–Trinajstić information content (AvgIpc) is 3.30. The van der Waals surface area contributed by atoms with Crippen LogP contribution in [0.5, 0.6) is 0 Å². The van der Waals surface area contributed by atoms with Gasteiger partial charge in [0.2, 0.25) is 0 Å². The minimum atomic E-state index is -1.51. The largest absolute Gasteiger partial charge is 0.377 e. The van der Waals surface area contributed by atoms with Crippen LogP contribution in [0.1, 0.15) is 31.9 Å². The summed E-state index contributed by atoms with van der Waals surface area (Å²) in [6, 6.07) is 25.2. The molecule has 0 amide bonds. The first kappa shape index (κ1) is 20.3. The van der Waals surface area contributed by atoms with Crippen molar-refractivity contribution in [1.29, 1.82) is 10.5 Å². The SMILES string of the molecule is CC1=C(N(C)C)C(C#N)(C#N)N2N=C(c3ccccc3)[C@@H]3[C@@H](C3(C)C)[C@]12c1ccccc1. The topological polar surface area (TPSA) is 66.4 Å². The summed E-state index contributed by atoms with van der Waals surface area (Å²) in [5.41, 5.74) is 2.66. The smallest absolute Gasteiger partial charge is 0.270 e. The molecule has 2 aromatic carbocycles. The molecule has 0 spiro atoms. The van der Waals surface area contributed by atoms with Gasteiger partial charge in [0.05, 0.1) is 11.4 Å². The minimum absolute atomic E-state index is 0.0427. The van der Waals surface area contributed by atoms with E-state index in [9.17, 15) is 10.5 Å². The Kier molecular flexibility index (Phi) is 4.11. The highest BCUT2D eigenvalue weighted by atomic mass is 15.6. The minimum Gasteiger partial charge on any atom is -0.377 e. The monoisotopic (exact) mass is 421 g/mol. The van der Waals surface area contributed by atoms with E-state index in [0.717, 1.165) is 28.1 Å². The predicted octanol–water partition coefficient (Wildman–Crippen LogP) is 4.51. The lowest BCUT2D eigenvalue weighted by molar-refractivity contribution is 0.0612. The van der Waals surface area contributed by atoms with Gasteiger partial charge in [0, 0.05) is 25.9 Å². The quantitative estimate of drug-likeness (QED) is 0.731. The standard InChI is InChI=1S/C27H27N5/c1-18-24(31(4)5)26(16-28,17-29)32-27(18,20-14-10-7-11-15-20)23-21(25(23,2)3)22(30-32)19-12-8-6-9-13-19/h6-15,21,23H,1-5H3/t21-,23+,27-/m1/s1. The first-order valence-electron chi connectivity index (χ1n) is 11.0. The summed E-state index contributed by atoms with van der Waals surface area (Å²) < 4.78 is 0. The van der Waals surface area contributed by atoms with Gasteiger partial charge in [-0.25, -0.2) is 5.01 Å². The Hall–Kier alpha value is -3.57. The molecule has 5 rings (SSSR count). The van der Waals surface area contributed by atoms with E-state index in [-0.39, 0.29) is 17.3 Å². The lowest BCUT2D eigenvalue weighted by Gasteiger charge is -2.45. The van der Waals surface area contributed by atoms with Crippen molar-refractivity contribution >= 4 is 5.71 Å². The first-order chi connectivity index (χ1) is 15.3. The molecule has 5 heteroatoms. The van der Waals surface area contributed by atoms with Crippen LogP contribution in [-0.4, -0.2) is 35.3 Å². The molecule has 3 aliphatic rings. The summed E-state index contributed by atoms with van der Waals surface area (Å²) in [6.07, 6.45) is 0.